The molecule has 0 N–H and O–H groups in total. The third kappa shape index (κ3) is 3.57. The molecule has 2 heterocycles. The number of para-hydroxylation sites is 3. The van der Waals surface area contributed by atoms with E-state index in [1.807, 2.05) is 0 Å². The fourth-order valence-electron chi connectivity index (χ4n) is 6.73. The highest BCUT2D eigenvalue weighted by atomic mass is 15.3. The molecule has 2 nitrogen and oxygen atoms in total. The molecule has 0 atom stereocenters. The topological polar surface area (TPSA) is 6.48 Å². The highest BCUT2D eigenvalue weighted by molar-refractivity contribution is 6.05. The summed E-state index contributed by atoms with van der Waals surface area (Å²) in [6, 6.07) is 52.9. The molecule has 6 aromatic rings. The van der Waals surface area contributed by atoms with Gasteiger partial charge in [-0.25, -0.2) is 0 Å². The zero-order valence-electron chi connectivity index (χ0n) is 23.3. The number of hydrogen-bond acceptors (Lipinski definition) is 2. The van der Waals surface area contributed by atoms with E-state index in [2.05, 4.69) is 169 Å². The van der Waals surface area contributed by atoms with Crippen molar-refractivity contribution >= 4 is 34.1 Å². The number of rotatable bonds is 3. The highest BCUT2D eigenvalue weighted by Crippen LogP contribution is 2.61. The van der Waals surface area contributed by atoms with Crippen LogP contribution in [0, 0.1) is 0 Å². The summed E-state index contributed by atoms with van der Waals surface area (Å²) in [5, 5.41) is 0. The molecule has 6 aromatic carbocycles. The second kappa shape index (κ2) is 8.97. The van der Waals surface area contributed by atoms with Crippen LogP contribution in [0.15, 0.2) is 146 Å². The second-order valence-corrected chi connectivity index (χ2v) is 11.5. The van der Waals surface area contributed by atoms with E-state index in [0.29, 0.717) is 0 Å². The third-order valence-corrected chi connectivity index (χ3v) is 8.75. The number of nitrogens with zero attached hydrogens (tertiary/aromatic N) is 2. The molecule has 0 fully saturated rings. The molecule has 0 unspecified atom stereocenters. The number of benzene rings is 6. The molecule has 2 aliphatic heterocycles. The third-order valence-electron chi connectivity index (χ3n) is 8.75. The van der Waals surface area contributed by atoms with E-state index in [-0.39, 0.29) is 5.41 Å². The number of fused-ring (bicyclic) bond motifs is 4. The Bertz CT molecular complexity index is 1920. The van der Waals surface area contributed by atoms with Crippen molar-refractivity contribution in [3.8, 4) is 22.3 Å². The van der Waals surface area contributed by atoms with Gasteiger partial charge in [-0.3, -0.25) is 0 Å². The van der Waals surface area contributed by atoms with Crippen LogP contribution in [0.4, 0.5) is 34.1 Å². The van der Waals surface area contributed by atoms with Gasteiger partial charge in [0.1, 0.15) is 0 Å². The van der Waals surface area contributed by atoms with Crippen LogP contribution in [-0.4, -0.2) is 0 Å². The lowest BCUT2D eigenvalue weighted by Gasteiger charge is -2.48. The van der Waals surface area contributed by atoms with Crippen LogP contribution in [0.1, 0.15) is 25.0 Å². The van der Waals surface area contributed by atoms with Crippen molar-refractivity contribution in [2.75, 3.05) is 9.80 Å². The van der Waals surface area contributed by atoms with Crippen LogP contribution in [0.3, 0.4) is 0 Å². The largest absolute Gasteiger partial charge is 0.306 e. The molecule has 196 valence electrons. The summed E-state index contributed by atoms with van der Waals surface area (Å²) in [7, 11) is 0. The van der Waals surface area contributed by atoms with Gasteiger partial charge in [-0.1, -0.05) is 117 Å². The Labute approximate surface area is 241 Å². The van der Waals surface area contributed by atoms with E-state index in [1.54, 1.807) is 0 Å². The van der Waals surface area contributed by atoms with E-state index in [9.17, 15) is 0 Å². The van der Waals surface area contributed by atoms with Crippen LogP contribution in [0.2, 0.25) is 0 Å². The molecule has 0 aromatic heterocycles. The zero-order chi connectivity index (χ0) is 27.6. The van der Waals surface area contributed by atoms with E-state index in [1.165, 1.54) is 61.8 Å². The van der Waals surface area contributed by atoms with Crippen LogP contribution in [0.25, 0.3) is 22.3 Å². The summed E-state index contributed by atoms with van der Waals surface area (Å²) in [5.41, 5.74) is 14.7. The molecule has 8 rings (SSSR count). The van der Waals surface area contributed by atoms with Crippen molar-refractivity contribution in [1.82, 2.24) is 0 Å². The quantitative estimate of drug-likeness (QED) is 0.226. The Kier molecular flexibility index (Phi) is 5.20. The summed E-state index contributed by atoms with van der Waals surface area (Å²) >= 11 is 0. The molecule has 2 aliphatic rings. The molecular formula is C39H30N2. The first-order valence-electron chi connectivity index (χ1n) is 14.3. The summed E-state index contributed by atoms with van der Waals surface area (Å²) in [5.74, 6) is 0. The first-order chi connectivity index (χ1) is 20.1. The molecule has 0 bridgehead atoms. The lowest BCUT2D eigenvalue weighted by atomic mass is 9.72. The van der Waals surface area contributed by atoms with Crippen LogP contribution >= 0.6 is 0 Å². The number of anilines is 6. The summed E-state index contributed by atoms with van der Waals surface area (Å²) in [6.45, 7) is 4.71. The summed E-state index contributed by atoms with van der Waals surface area (Å²) in [6.07, 6.45) is 0. The van der Waals surface area contributed by atoms with Crippen molar-refractivity contribution in [1.29, 1.82) is 0 Å². The maximum atomic E-state index is 2.50. The maximum absolute atomic E-state index is 2.50. The molecule has 0 saturated heterocycles. The second-order valence-electron chi connectivity index (χ2n) is 11.5. The van der Waals surface area contributed by atoms with E-state index >= 15 is 0 Å². The smallest absolute Gasteiger partial charge is 0.0744 e. The van der Waals surface area contributed by atoms with Gasteiger partial charge in [0.05, 0.1) is 28.4 Å². The minimum absolute atomic E-state index is 0.125. The van der Waals surface area contributed by atoms with Gasteiger partial charge in [0, 0.05) is 11.1 Å². The predicted molar refractivity (Wildman–Crippen MR) is 172 cm³/mol. The molecule has 0 radical (unpaired) electrons. The van der Waals surface area contributed by atoms with Crippen LogP contribution < -0.4 is 9.80 Å². The lowest BCUT2D eigenvalue weighted by Crippen LogP contribution is -2.34. The van der Waals surface area contributed by atoms with Gasteiger partial charge in [-0.15, -0.1) is 0 Å². The summed E-state index contributed by atoms with van der Waals surface area (Å²) in [4.78, 5) is 4.93. The first kappa shape index (κ1) is 23.8. The average Bonchev–Trinajstić information content (AvgIpc) is 3.03. The maximum Gasteiger partial charge on any atom is 0.0744 e. The SMILES string of the molecule is CC1(C)c2ccccc2N2c3cc(-c4cccc(-c5ccccc5)c4)ccc3N(c3ccccc3)c3cccc1c32. The van der Waals surface area contributed by atoms with E-state index in [4.69, 9.17) is 0 Å². The lowest BCUT2D eigenvalue weighted by molar-refractivity contribution is 0.631. The molecule has 2 heteroatoms. The van der Waals surface area contributed by atoms with Crippen molar-refractivity contribution < 1.29 is 0 Å². The Hall–Kier alpha value is -5.08. The Morgan fingerprint density at radius 1 is 0.390 bits per heavy atom. The normalized spacial score (nSPS) is 14.2. The predicted octanol–water partition coefficient (Wildman–Crippen LogP) is 10.9. The van der Waals surface area contributed by atoms with Crippen molar-refractivity contribution in [2.45, 2.75) is 19.3 Å². The Morgan fingerprint density at radius 3 is 1.78 bits per heavy atom. The Balaban J connectivity index is 1.39. The Morgan fingerprint density at radius 2 is 0.976 bits per heavy atom. The van der Waals surface area contributed by atoms with Gasteiger partial charge in [0.2, 0.25) is 0 Å². The number of hydrogen-bond donors (Lipinski definition) is 0. The average molecular weight is 527 g/mol. The van der Waals surface area contributed by atoms with E-state index in [0.717, 1.165) is 5.69 Å². The standard InChI is InChI=1S/C39H30N2/c1-39(2)32-19-9-10-21-34(32)41-37-26-30(29-16-11-15-28(25-29)27-13-5-3-6-14-27)23-24-35(37)40(31-17-7-4-8-18-31)36-22-12-20-33(39)38(36)41/h3-26H,1-2H3. The van der Waals surface area contributed by atoms with Crippen LogP contribution in [0.5, 0.6) is 0 Å². The fourth-order valence-corrected chi connectivity index (χ4v) is 6.73. The van der Waals surface area contributed by atoms with Crippen molar-refractivity contribution in [3.63, 3.8) is 0 Å². The van der Waals surface area contributed by atoms with Gasteiger partial charge in [-0.05, 0) is 75.8 Å². The van der Waals surface area contributed by atoms with E-state index < -0.39 is 0 Å². The zero-order valence-corrected chi connectivity index (χ0v) is 23.3. The van der Waals surface area contributed by atoms with Crippen molar-refractivity contribution in [2.24, 2.45) is 0 Å². The minimum Gasteiger partial charge on any atom is -0.306 e. The van der Waals surface area contributed by atoms with Gasteiger partial charge in [0.15, 0.2) is 0 Å². The molecular weight excluding hydrogens is 496 g/mol. The fraction of sp³-hybridized carbons (Fsp3) is 0.0769. The van der Waals surface area contributed by atoms with Crippen LogP contribution in [-0.2, 0) is 5.41 Å². The molecule has 0 saturated carbocycles. The highest BCUT2D eigenvalue weighted by Gasteiger charge is 2.42. The first-order valence-corrected chi connectivity index (χ1v) is 14.3. The molecule has 41 heavy (non-hydrogen) atoms. The van der Waals surface area contributed by atoms with Gasteiger partial charge < -0.3 is 9.80 Å². The summed E-state index contributed by atoms with van der Waals surface area (Å²) < 4.78 is 0. The molecule has 0 amide bonds. The van der Waals surface area contributed by atoms with Gasteiger partial charge >= 0.3 is 0 Å². The minimum atomic E-state index is -0.125. The van der Waals surface area contributed by atoms with Crippen molar-refractivity contribution in [3.05, 3.63) is 157 Å². The molecule has 0 spiro atoms. The molecule has 0 aliphatic carbocycles. The van der Waals surface area contributed by atoms with Gasteiger partial charge in [-0.2, -0.15) is 0 Å². The van der Waals surface area contributed by atoms with Gasteiger partial charge in [0.25, 0.3) is 0 Å². The monoisotopic (exact) mass is 526 g/mol.